The molecule has 0 amide bonds. The topological polar surface area (TPSA) is 21.3 Å². The first-order valence-electron chi connectivity index (χ1n) is 7.46. The first kappa shape index (κ1) is 12.0. The number of ether oxygens (including phenoxy) is 1. The fraction of sp³-hybridized carbons (Fsp3) is 1.00. The normalized spacial score (nSPS) is 41.5. The molecule has 3 fully saturated rings. The van der Waals surface area contributed by atoms with Crippen LogP contribution in [0.5, 0.6) is 0 Å². The standard InChI is InChI=1S/C15H27NO/c1-4-17-13-9-11(15(13)7-5-6-8-15)16-12-10-14(12,2)3/h11-13,16H,4-10H2,1-3H3. The summed E-state index contributed by atoms with van der Waals surface area (Å²) in [5.74, 6) is 0. The van der Waals surface area contributed by atoms with Gasteiger partial charge >= 0.3 is 0 Å². The first-order valence-corrected chi connectivity index (χ1v) is 7.46. The molecule has 3 unspecified atom stereocenters. The van der Waals surface area contributed by atoms with E-state index in [-0.39, 0.29) is 0 Å². The van der Waals surface area contributed by atoms with Crippen LogP contribution in [0.15, 0.2) is 0 Å². The summed E-state index contributed by atoms with van der Waals surface area (Å²) >= 11 is 0. The van der Waals surface area contributed by atoms with Crippen molar-refractivity contribution in [3.05, 3.63) is 0 Å². The van der Waals surface area contributed by atoms with E-state index in [0.29, 0.717) is 16.9 Å². The van der Waals surface area contributed by atoms with Crippen molar-refractivity contribution in [2.24, 2.45) is 10.8 Å². The van der Waals surface area contributed by atoms with Crippen molar-refractivity contribution in [1.29, 1.82) is 0 Å². The van der Waals surface area contributed by atoms with Crippen LogP contribution in [0.25, 0.3) is 0 Å². The van der Waals surface area contributed by atoms with Gasteiger partial charge < -0.3 is 10.1 Å². The molecule has 0 heterocycles. The second kappa shape index (κ2) is 3.96. The maximum Gasteiger partial charge on any atom is 0.0661 e. The van der Waals surface area contributed by atoms with E-state index in [2.05, 4.69) is 26.1 Å². The third kappa shape index (κ3) is 1.84. The Hall–Kier alpha value is -0.0800. The summed E-state index contributed by atoms with van der Waals surface area (Å²) in [5.41, 5.74) is 1.06. The van der Waals surface area contributed by atoms with Crippen molar-refractivity contribution in [2.75, 3.05) is 6.61 Å². The molecule has 0 saturated heterocycles. The summed E-state index contributed by atoms with van der Waals surface area (Å²) in [4.78, 5) is 0. The van der Waals surface area contributed by atoms with Gasteiger partial charge in [0.05, 0.1) is 6.10 Å². The summed E-state index contributed by atoms with van der Waals surface area (Å²) in [6, 6.07) is 1.51. The van der Waals surface area contributed by atoms with Crippen LogP contribution in [0.1, 0.15) is 59.3 Å². The maximum atomic E-state index is 5.96. The lowest BCUT2D eigenvalue weighted by atomic mass is 9.60. The van der Waals surface area contributed by atoms with Crippen LogP contribution in [-0.2, 0) is 4.74 Å². The molecule has 0 aliphatic heterocycles. The summed E-state index contributed by atoms with van der Waals surface area (Å²) in [5, 5.41) is 3.92. The van der Waals surface area contributed by atoms with E-state index in [9.17, 15) is 0 Å². The quantitative estimate of drug-likeness (QED) is 0.811. The first-order chi connectivity index (χ1) is 8.08. The maximum absolute atomic E-state index is 5.96. The van der Waals surface area contributed by atoms with E-state index >= 15 is 0 Å². The summed E-state index contributed by atoms with van der Waals surface area (Å²) < 4.78 is 5.96. The van der Waals surface area contributed by atoms with Gasteiger partial charge in [0.15, 0.2) is 0 Å². The third-order valence-electron chi connectivity index (χ3n) is 5.60. The highest BCUT2D eigenvalue weighted by Crippen LogP contribution is 2.56. The predicted molar refractivity (Wildman–Crippen MR) is 70.0 cm³/mol. The third-order valence-corrected chi connectivity index (χ3v) is 5.60. The minimum atomic E-state index is 0.509. The Labute approximate surface area is 105 Å². The lowest BCUT2D eigenvalue weighted by molar-refractivity contribution is -0.131. The zero-order valence-corrected chi connectivity index (χ0v) is 11.6. The number of nitrogens with one attached hydrogen (secondary N) is 1. The van der Waals surface area contributed by atoms with E-state index in [4.69, 9.17) is 4.74 Å². The number of rotatable bonds is 4. The van der Waals surface area contributed by atoms with Crippen molar-refractivity contribution in [3.8, 4) is 0 Å². The summed E-state index contributed by atoms with van der Waals surface area (Å²) in [6.45, 7) is 7.77. The van der Waals surface area contributed by atoms with Gasteiger partial charge in [-0.2, -0.15) is 0 Å². The summed E-state index contributed by atoms with van der Waals surface area (Å²) in [6.07, 6.45) is 8.77. The SMILES string of the molecule is CCOC1CC(NC2CC2(C)C)C12CCCC2. The predicted octanol–water partition coefficient (Wildman–Crippen LogP) is 3.11. The van der Waals surface area contributed by atoms with Gasteiger partial charge in [0.1, 0.15) is 0 Å². The Morgan fingerprint density at radius 2 is 1.82 bits per heavy atom. The Morgan fingerprint density at radius 3 is 2.35 bits per heavy atom. The van der Waals surface area contributed by atoms with Gasteiger partial charge in [-0.25, -0.2) is 0 Å². The van der Waals surface area contributed by atoms with E-state index < -0.39 is 0 Å². The largest absolute Gasteiger partial charge is 0.378 e. The average Bonchev–Trinajstić information content (AvgIpc) is 2.71. The fourth-order valence-corrected chi connectivity index (χ4v) is 4.11. The van der Waals surface area contributed by atoms with Crippen molar-refractivity contribution in [1.82, 2.24) is 5.32 Å². The van der Waals surface area contributed by atoms with Gasteiger partial charge in [-0.15, -0.1) is 0 Å². The minimum absolute atomic E-state index is 0.509. The van der Waals surface area contributed by atoms with E-state index in [1.165, 1.54) is 38.5 Å². The Bertz CT molecular complexity index is 293. The monoisotopic (exact) mass is 237 g/mol. The molecule has 98 valence electrons. The van der Waals surface area contributed by atoms with Crippen LogP contribution >= 0.6 is 0 Å². The molecule has 0 bridgehead atoms. The molecule has 1 spiro atoms. The van der Waals surface area contributed by atoms with Crippen molar-refractivity contribution >= 4 is 0 Å². The van der Waals surface area contributed by atoms with Crippen LogP contribution < -0.4 is 5.32 Å². The Kier molecular flexibility index (Phi) is 2.79. The molecule has 0 aromatic heterocycles. The minimum Gasteiger partial charge on any atom is -0.378 e. The number of hydrogen-bond acceptors (Lipinski definition) is 2. The van der Waals surface area contributed by atoms with E-state index in [1.54, 1.807) is 0 Å². The molecule has 2 nitrogen and oxygen atoms in total. The van der Waals surface area contributed by atoms with Gasteiger partial charge in [-0.3, -0.25) is 0 Å². The lowest BCUT2D eigenvalue weighted by Crippen LogP contribution is -2.63. The molecule has 0 aromatic carbocycles. The fourth-order valence-electron chi connectivity index (χ4n) is 4.11. The molecule has 17 heavy (non-hydrogen) atoms. The second-order valence-electron chi connectivity index (χ2n) is 7.08. The van der Waals surface area contributed by atoms with Gasteiger partial charge in [0, 0.05) is 24.1 Å². The van der Waals surface area contributed by atoms with Crippen molar-refractivity contribution in [2.45, 2.75) is 77.5 Å². The molecular formula is C15H27NO. The Balaban J connectivity index is 1.62. The average molecular weight is 237 g/mol. The molecule has 0 radical (unpaired) electrons. The van der Waals surface area contributed by atoms with Crippen LogP contribution in [0.2, 0.25) is 0 Å². The van der Waals surface area contributed by atoms with Gasteiger partial charge in [0.25, 0.3) is 0 Å². The molecule has 2 heteroatoms. The van der Waals surface area contributed by atoms with Gasteiger partial charge in [-0.1, -0.05) is 26.7 Å². The second-order valence-corrected chi connectivity index (χ2v) is 7.08. The van der Waals surface area contributed by atoms with Crippen molar-refractivity contribution in [3.63, 3.8) is 0 Å². The van der Waals surface area contributed by atoms with E-state index in [1.807, 2.05) is 0 Å². The highest BCUT2D eigenvalue weighted by Gasteiger charge is 2.59. The highest BCUT2D eigenvalue weighted by molar-refractivity contribution is 5.14. The molecule has 3 aliphatic rings. The molecule has 1 N–H and O–H groups in total. The van der Waals surface area contributed by atoms with Crippen LogP contribution in [0.4, 0.5) is 0 Å². The molecule has 3 saturated carbocycles. The van der Waals surface area contributed by atoms with E-state index in [0.717, 1.165) is 18.7 Å². The van der Waals surface area contributed by atoms with Crippen LogP contribution in [0, 0.1) is 10.8 Å². The van der Waals surface area contributed by atoms with Crippen molar-refractivity contribution < 1.29 is 4.74 Å². The smallest absolute Gasteiger partial charge is 0.0661 e. The molecule has 0 aromatic rings. The van der Waals surface area contributed by atoms with Crippen LogP contribution in [-0.4, -0.2) is 24.8 Å². The van der Waals surface area contributed by atoms with Gasteiger partial charge in [0.2, 0.25) is 0 Å². The Morgan fingerprint density at radius 1 is 1.18 bits per heavy atom. The van der Waals surface area contributed by atoms with Gasteiger partial charge in [-0.05, 0) is 38.0 Å². The summed E-state index contributed by atoms with van der Waals surface area (Å²) in [7, 11) is 0. The zero-order chi connectivity index (χ0) is 12.1. The lowest BCUT2D eigenvalue weighted by Gasteiger charge is -2.54. The zero-order valence-electron chi connectivity index (χ0n) is 11.6. The molecule has 3 atom stereocenters. The molecular weight excluding hydrogens is 210 g/mol. The van der Waals surface area contributed by atoms with Crippen LogP contribution in [0.3, 0.4) is 0 Å². The molecule has 3 aliphatic carbocycles. The highest BCUT2D eigenvalue weighted by atomic mass is 16.5. The number of hydrogen-bond donors (Lipinski definition) is 1. The molecule has 3 rings (SSSR count).